The number of H-pyrrole nitrogens is 1. The number of carbonyl (C=O) groups is 2. The zero-order valence-electron chi connectivity index (χ0n) is 12.3. The summed E-state index contributed by atoms with van der Waals surface area (Å²) in [5.41, 5.74) is 3.17. The summed E-state index contributed by atoms with van der Waals surface area (Å²) < 4.78 is 5.07. The Morgan fingerprint density at radius 2 is 2.19 bits per heavy atom. The molecule has 0 aliphatic carbocycles. The van der Waals surface area contributed by atoms with Crippen LogP contribution in [0, 0.1) is 6.92 Å². The second kappa shape index (κ2) is 6.88. The van der Waals surface area contributed by atoms with Crippen molar-refractivity contribution in [2.45, 2.75) is 26.7 Å². The van der Waals surface area contributed by atoms with E-state index < -0.39 is 0 Å². The van der Waals surface area contributed by atoms with Crippen LogP contribution in [0.25, 0.3) is 17.0 Å². The van der Waals surface area contributed by atoms with E-state index in [1.807, 2.05) is 32.0 Å². The molecule has 0 fully saturated rings. The van der Waals surface area contributed by atoms with E-state index in [2.05, 4.69) is 4.98 Å². The third-order valence-electron chi connectivity index (χ3n) is 3.35. The van der Waals surface area contributed by atoms with Crippen LogP contribution in [0.15, 0.2) is 24.3 Å². The first kappa shape index (κ1) is 15.0. The van der Waals surface area contributed by atoms with Gasteiger partial charge in [0.25, 0.3) is 0 Å². The van der Waals surface area contributed by atoms with Crippen LogP contribution in [0.2, 0.25) is 0 Å². The fraction of sp³-hybridized carbons (Fsp3) is 0.294. The lowest BCUT2D eigenvalue weighted by Crippen LogP contribution is -2.01. The molecule has 110 valence electrons. The van der Waals surface area contributed by atoms with E-state index in [-0.39, 0.29) is 5.97 Å². The average Bonchev–Trinajstić information content (AvgIpc) is 2.81. The summed E-state index contributed by atoms with van der Waals surface area (Å²) in [7, 11) is 0. The van der Waals surface area contributed by atoms with E-state index >= 15 is 0 Å². The SMILES string of the molecule is CCCCOC(=O)/C=C/c1cccc2[nH]c(C)c(C=O)c12. The minimum Gasteiger partial charge on any atom is -0.463 e. The molecule has 0 atom stereocenters. The minimum absolute atomic E-state index is 0.361. The fourth-order valence-corrected chi connectivity index (χ4v) is 2.24. The largest absolute Gasteiger partial charge is 0.463 e. The highest BCUT2D eigenvalue weighted by atomic mass is 16.5. The van der Waals surface area contributed by atoms with Crippen LogP contribution in [0.4, 0.5) is 0 Å². The Kier molecular flexibility index (Phi) is 4.93. The van der Waals surface area contributed by atoms with Crippen molar-refractivity contribution in [3.05, 3.63) is 41.1 Å². The highest BCUT2D eigenvalue weighted by molar-refractivity contribution is 6.04. The molecule has 0 saturated carbocycles. The average molecular weight is 285 g/mol. The fourth-order valence-electron chi connectivity index (χ4n) is 2.24. The molecule has 1 aromatic carbocycles. The number of nitrogens with one attached hydrogen (secondary N) is 1. The van der Waals surface area contributed by atoms with Gasteiger partial charge in [0, 0.05) is 28.2 Å². The molecule has 0 aliphatic heterocycles. The van der Waals surface area contributed by atoms with E-state index in [0.29, 0.717) is 12.2 Å². The summed E-state index contributed by atoms with van der Waals surface area (Å²) >= 11 is 0. The molecular weight excluding hydrogens is 266 g/mol. The molecule has 0 radical (unpaired) electrons. The quantitative estimate of drug-likeness (QED) is 0.381. The summed E-state index contributed by atoms with van der Waals surface area (Å²) in [4.78, 5) is 26.0. The second-order valence-electron chi connectivity index (χ2n) is 4.91. The Morgan fingerprint density at radius 3 is 2.90 bits per heavy atom. The van der Waals surface area contributed by atoms with Crippen LogP contribution >= 0.6 is 0 Å². The summed E-state index contributed by atoms with van der Waals surface area (Å²) in [6.45, 7) is 4.34. The number of benzene rings is 1. The lowest BCUT2D eigenvalue weighted by Gasteiger charge is -2.00. The Bertz CT molecular complexity index is 683. The first-order valence-corrected chi connectivity index (χ1v) is 7.08. The van der Waals surface area contributed by atoms with Gasteiger partial charge < -0.3 is 9.72 Å². The van der Waals surface area contributed by atoms with Gasteiger partial charge in [-0.2, -0.15) is 0 Å². The van der Waals surface area contributed by atoms with Gasteiger partial charge in [-0.1, -0.05) is 25.5 Å². The zero-order chi connectivity index (χ0) is 15.2. The molecule has 0 spiro atoms. The second-order valence-corrected chi connectivity index (χ2v) is 4.91. The number of rotatable bonds is 6. The number of aromatic nitrogens is 1. The van der Waals surface area contributed by atoms with E-state index in [9.17, 15) is 9.59 Å². The van der Waals surface area contributed by atoms with Crippen molar-refractivity contribution in [2.75, 3.05) is 6.61 Å². The van der Waals surface area contributed by atoms with Gasteiger partial charge in [-0.05, 0) is 31.1 Å². The van der Waals surface area contributed by atoms with E-state index in [0.717, 1.165) is 41.3 Å². The lowest BCUT2D eigenvalue weighted by atomic mass is 10.1. The Hall–Kier alpha value is -2.36. The normalized spacial score (nSPS) is 11.1. The van der Waals surface area contributed by atoms with E-state index in [1.165, 1.54) is 6.08 Å². The predicted molar refractivity (Wildman–Crippen MR) is 83.3 cm³/mol. The molecule has 0 amide bonds. The summed E-state index contributed by atoms with van der Waals surface area (Å²) in [5.74, 6) is -0.361. The molecule has 4 nitrogen and oxygen atoms in total. The van der Waals surface area contributed by atoms with Crippen molar-refractivity contribution >= 4 is 29.2 Å². The molecule has 0 unspecified atom stereocenters. The molecule has 1 heterocycles. The highest BCUT2D eigenvalue weighted by Gasteiger charge is 2.10. The van der Waals surface area contributed by atoms with E-state index in [4.69, 9.17) is 4.74 Å². The molecule has 0 saturated heterocycles. The number of hydrogen-bond donors (Lipinski definition) is 1. The lowest BCUT2D eigenvalue weighted by molar-refractivity contribution is -0.137. The highest BCUT2D eigenvalue weighted by Crippen LogP contribution is 2.25. The monoisotopic (exact) mass is 285 g/mol. The molecule has 4 heteroatoms. The first-order valence-electron chi connectivity index (χ1n) is 7.08. The predicted octanol–water partition coefficient (Wildman–Crippen LogP) is 3.65. The van der Waals surface area contributed by atoms with E-state index in [1.54, 1.807) is 6.08 Å². The van der Waals surface area contributed by atoms with Gasteiger partial charge >= 0.3 is 5.97 Å². The summed E-state index contributed by atoms with van der Waals surface area (Å²) in [6, 6.07) is 5.67. The van der Waals surface area contributed by atoms with Gasteiger partial charge in [0.15, 0.2) is 6.29 Å². The molecule has 21 heavy (non-hydrogen) atoms. The standard InChI is InChI=1S/C17H19NO3/c1-3-4-10-21-16(20)9-8-13-6-5-7-15-17(13)14(11-19)12(2)18-15/h5-9,11,18H,3-4,10H2,1-2H3/b9-8+. The van der Waals surface area contributed by atoms with Crippen LogP contribution in [-0.4, -0.2) is 23.8 Å². The van der Waals surface area contributed by atoms with Crippen molar-refractivity contribution in [2.24, 2.45) is 0 Å². The third kappa shape index (κ3) is 3.40. The maximum absolute atomic E-state index is 11.6. The van der Waals surface area contributed by atoms with Gasteiger partial charge in [0.1, 0.15) is 0 Å². The third-order valence-corrected chi connectivity index (χ3v) is 3.35. The van der Waals surface area contributed by atoms with Crippen molar-refractivity contribution < 1.29 is 14.3 Å². The summed E-state index contributed by atoms with van der Waals surface area (Å²) in [6.07, 6.45) is 5.78. The van der Waals surface area contributed by atoms with Crippen LogP contribution in [0.1, 0.15) is 41.4 Å². The van der Waals surface area contributed by atoms with Crippen LogP contribution in [-0.2, 0) is 9.53 Å². The van der Waals surface area contributed by atoms with Crippen molar-refractivity contribution in [1.82, 2.24) is 4.98 Å². The van der Waals surface area contributed by atoms with Gasteiger partial charge in [-0.25, -0.2) is 4.79 Å². The molecule has 1 N–H and O–H groups in total. The van der Waals surface area contributed by atoms with Crippen LogP contribution in [0.3, 0.4) is 0 Å². The molecule has 0 aliphatic rings. The van der Waals surface area contributed by atoms with Gasteiger partial charge in [0.2, 0.25) is 0 Å². The Labute approximate surface area is 123 Å². The number of hydrogen-bond acceptors (Lipinski definition) is 3. The number of unbranched alkanes of at least 4 members (excludes halogenated alkanes) is 1. The molecular formula is C17H19NO3. The number of fused-ring (bicyclic) bond motifs is 1. The first-order chi connectivity index (χ1) is 10.2. The number of aromatic amines is 1. The van der Waals surface area contributed by atoms with Crippen molar-refractivity contribution in [3.63, 3.8) is 0 Å². The smallest absolute Gasteiger partial charge is 0.330 e. The number of aldehydes is 1. The topological polar surface area (TPSA) is 59.2 Å². The molecule has 1 aromatic heterocycles. The number of esters is 1. The number of carbonyl (C=O) groups excluding carboxylic acids is 2. The van der Waals surface area contributed by atoms with Gasteiger partial charge in [-0.3, -0.25) is 4.79 Å². The van der Waals surface area contributed by atoms with Crippen molar-refractivity contribution in [3.8, 4) is 0 Å². The van der Waals surface area contributed by atoms with Gasteiger partial charge in [-0.15, -0.1) is 0 Å². The maximum Gasteiger partial charge on any atom is 0.330 e. The van der Waals surface area contributed by atoms with Gasteiger partial charge in [0.05, 0.1) is 6.61 Å². The maximum atomic E-state index is 11.6. The molecule has 2 rings (SSSR count). The Balaban J connectivity index is 2.26. The molecule has 0 bridgehead atoms. The van der Waals surface area contributed by atoms with Crippen LogP contribution < -0.4 is 0 Å². The molecule has 2 aromatic rings. The minimum atomic E-state index is -0.361. The zero-order valence-corrected chi connectivity index (χ0v) is 12.3. The summed E-state index contributed by atoms with van der Waals surface area (Å²) in [5, 5.41) is 0.836. The van der Waals surface area contributed by atoms with Crippen LogP contribution in [0.5, 0.6) is 0 Å². The number of aryl methyl sites for hydroxylation is 1. The Morgan fingerprint density at radius 1 is 1.38 bits per heavy atom. The van der Waals surface area contributed by atoms with Crippen molar-refractivity contribution in [1.29, 1.82) is 0 Å². The number of ether oxygens (including phenoxy) is 1.